The summed E-state index contributed by atoms with van der Waals surface area (Å²) in [7, 11) is 0. The monoisotopic (exact) mass is 250 g/mol. The zero-order chi connectivity index (χ0) is 13.0. The summed E-state index contributed by atoms with van der Waals surface area (Å²) in [6.07, 6.45) is 5.89. The van der Waals surface area contributed by atoms with Crippen LogP contribution in [0.1, 0.15) is 25.7 Å². The minimum Gasteiger partial charge on any atom is -0.368 e. The second-order valence-electron chi connectivity index (χ2n) is 4.44. The fraction of sp³-hybridized carbons (Fsp3) is 0.545. The number of nitrogens with two attached hydrogens (primary N) is 2. The minimum absolute atomic E-state index is 0.172. The first-order valence-electron chi connectivity index (χ1n) is 6.04. The van der Waals surface area contributed by atoms with Crippen LogP contribution in [0.5, 0.6) is 0 Å². The number of primary amides is 1. The van der Waals surface area contributed by atoms with Crippen molar-refractivity contribution in [2.24, 2.45) is 11.6 Å². The summed E-state index contributed by atoms with van der Waals surface area (Å²) in [5, 5.41) is 0. The number of hydrogen-bond acceptors (Lipinski definition) is 6. The Morgan fingerprint density at radius 3 is 2.78 bits per heavy atom. The van der Waals surface area contributed by atoms with Crippen LogP contribution in [-0.4, -0.2) is 28.5 Å². The van der Waals surface area contributed by atoms with Gasteiger partial charge in [0.1, 0.15) is 18.0 Å². The first-order valence-corrected chi connectivity index (χ1v) is 6.04. The van der Waals surface area contributed by atoms with E-state index >= 15 is 0 Å². The van der Waals surface area contributed by atoms with Gasteiger partial charge in [0.2, 0.25) is 5.91 Å². The second-order valence-corrected chi connectivity index (χ2v) is 4.44. The number of carbonyl (C=O) groups is 1. The van der Waals surface area contributed by atoms with E-state index in [0.717, 1.165) is 12.8 Å². The molecule has 1 aromatic heterocycles. The van der Waals surface area contributed by atoms with E-state index in [9.17, 15) is 4.79 Å². The summed E-state index contributed by atoms with van der Waals surface area (Å²) in [4.78, 5) is 21.3. The molecule has 1 aliphatic carbocycles. The van der Waals surface area contributed by atoms with Gasteiger partial charge in [-0.3, -0.25) is 4.79 Å². The molecule has 0 spiro atoms. The molecule has 1 amide bonds. The first-order chi connectivity index (χ1) is 8.70. The Morgan fingerprint density at radius 1 is 1.44 bits per heavy atom. The van der Waals surface area contributed by atoms with E-state index in [1.54, 1.807) is 6.07 Å². The van der Waals surface area contributed by atoms with E-state index in [1.807, 2.05) is 4.90 Å². The molecule has 98 valence electrons. The molecule has 1 fully saturated rings. The van der Waals surface area contributed by atoms with Gasteiger partial charge >= 0.3 is 0 Å². The molecule has 1 aliphatic rings. The molecule has 18 heavy (non-hydrogen) atoms. The zero-order valence-electron chi connectivity index (χ0n) is 10.2. The summed E-state index contributed by atoms with van der Waals surface area (Å²) >= 11 is 0. The van der Waals surface area contributed by atoms with Crippen LogP contribution in [0.2, 0.25) is 0 Å². The van der Waals surface area contributed by atoms with Crippen molar-refractivity contribution >= 4 is 17.5 Å². The summed E-state index contributed by atoms with van der Waals surface area (Å²) in [6.45, 7) is 0.172. The van der Waals surface area contributed by atoms with Gasteiger partial charge in [-0.05, 0) is 12.8 Å². The average Bonchev–Trinajstić information content (AvgIpc) is 2.89. The highest BCUT2D eigenvalue weighted by Crippen LogP contribution is 2.27. The van der Waals surface area contributed by atoms with E-state index in [0.29, 0.717) is 17.7 Å². The fourth-order valence-electron chi connectivity index (χ4n) is 2.36. The van der Waals surface area contributed by atoms with E-state index < -0.39 is 0 Å². The zero-order valence-corrected chi connectivity index (χ0v) is 10.2. The van der Waals surface area contributed by atoms with Gasteiger partial charge in [0, 0.05) is 12.1 Å². The lowest BCUT2D eigenvalue weighted by molar-refractivity contribution is -0.116. The largest absolute Gasteiger partial charge is 0.368 e. The molecule has 1 heterocycles. The maximum absolute atomic E-state index is 11.2. The van der Waals surface area contributed by atoms with Gasteiger partial charge in [0.05, 0.1) is 6.54 Å². The van der Waals surface area contributed by atoms with E-state index in [4.69, 9.17) is 11.6 Å². The van der Waals surface area contributed by atoms with Crippen molar-refractivity contribution in [3.8, 4) is 0 Å². The van der Waals surface area contributed by atoms with Crippen LogP contribution in [0, 0.1) is 0 Å². The van der Waals surface area contributed by atoms with Gasteiger partial charge in [-0.1, -0.05) is 12.8 Å². The van der Waals surface area contributed by atoms with Crippen molar-refractivity contribution in [1.82, 2.24) is 9.97 Å². The van der Waals surface area contributed by atoms with Gasteiger partial charge < -0.3 is 16.1 Å². The van der Waals surface area contributed by atoms with Crippen LogP contribution in [0.15, 0.2) is 12.4 Å². The normalized spacial score (nSPS) is 15.6. The number of carbonyl (C=O) groups excluding carboxylic acids is 1. The molecule has 7 nitrogen and oxygen atoms in total. The fourth-order valence-corrected chi connectivity index (χ4v) is 2.36. The highest BCUT2D eigenvalue weighted by molar-refractivity contribution is 5.79. The SMILES string of the molecule is NNc1cc(N(CC(N)=O)C2CCCC2)ncn1. The van der Waals surface area contributed by atoms with Crippen LogP contribution in [0.3, 0.4) is 0 Å². The number of hydrazine groups is 1. The van der Waals surface area contributed by atoms with Crippen LogP contribution in [-0.2, 0) is 4.79 Å². The van der Waals surface area contributed by atoms with Crippen molar-refractivity contribution in [3.05, 3.63) is 12.4 Å². The quantitative estimate of drug-likeness (QED) is 0.501. The summed E-state index contributed by atoms with van der Waals surface area (Å²) in [6, 6.07) is 2.04. The van der Waals surface area contributed by atoms with Crippen molar-refractivity contribution < 1.29 is 4.79 Å². The van der Waals surface area contributed by atoms with Crippen molar-refractivity contribution in [1.29, 1.82) is 0 Å². The third kappa shape index (κ3) is 2.86. The molecule has 2 rings (SSSR count). The van der Waals surface area contributed by atoms with Crippen LogP contribution < -0.4 is 21.9 Å². The number of rotatable bonds is 5. The molecule has 0 radical (unpaired) electrons. The molecule has 0 atom stereocenters. The number of nitrogens with zero attached hydrogens (tertiary/aromatic N) is 3. The van der Waals surface area contributed by atoms with Gasteiger partial charge in [-0.2, -0.15) is 0 Å². The Bertz CT molecular complexity index is 418. The second kappa shape index (κ2) is 5.63. The third-order valence-corrected chi connectivity index (χ3v) is 3.19. The Labute approximate surface area is 106 Å². The molecule has 0 unspecified atom stereocenters. The number of nitrogen functional groups attached to an aromatic ring is 1. The highest BCUT2D eigenvalue weighted by Gasteiger charge is 2.25. The molecule has 1 aromatic rings. The summed E-state index contributed by atoms with van der Waals surface area (Å²) in [5.74, 6) is 6.17. The molecule has 0 aliphatic heterocycles. The maximum atomic E-state index is 11.2. The molecular formula is C11H18N6O. The molecule has 0 saturated heterocycles. The Kier molecular flexibility index (Phi) is 3.93. The maximum Gasteiger partial charge on any atom is 0.237 e. The van der Waals surface area contributed by atoms with E-state index in [-0.39, 0.29) is 12.5 Å². The lowest BCUT2D eigenvalue weighted by Gasteiger charge is -2.28. The van der Waals surface area contributed by atoms with Crippen LogP contribution >= 0.6 is 0 Å². The number of aromatic nitrogens is 2. The van der Waals surface area contributed by atoms with Gasteiger partial charge in [-0.25, -0.2) is 15.8 Å². The average molecular weight is 250 g/mol. The topological polar surface area (TPSA) is 110 Å². The minimum atomic E-state index is -0.359. The summed E-state index contributed by atoms with van der Waals surface area (Å²) < 4.78 is 0. The Hall–Kier alpha value is -1.89. The van der Waals surface area contributed by atoms with Crippen molar-refractivity contribution in [2.75, 3.05) is 16.9 Å². The first kappa shape index (κ1) is 12.6. The van der Waals surface area contributed by atoms with Crippen LogP contribution in [0.4, 0.5) is 11.6 Å². The van der Waals surface area contributed by atoms with Crippen molar-refractivity contribution in [2.45, 2.75) is 31.7 Å². The number of hydrogen-bond donors (Lipinski definition) is 3. The lowest BCUT2D eigenvalue weighted by atomic mass is 10.2. The predicted octanol–water partition coefficient (Wildman–Crippen LogP) is -0.00350. The molecule has 0 bridgehead atoms. The molecular weight excluding hydrogens is 232 g/mol. The number of amides is 1. The predicted molar refractivity (Wildman–Crippen MR) is 68.6 cm³/mol. The molecule has 1 saturated carbocycles. The molecule has 0 aromatic carbocycles. The van der Waals surface area contributed by atoms with Gasteiger partial charge in [0.15, 0.2) is 0 Å². The van der Waals surface area contributed by atoms with E-state index in [2.05, 4.69) is 15.4 Å². The Morgan fingerprint density at radius 2 is 2.17 bits per heavy atom. The van der Waals surface area contributed by atoms with E-state index in [1.165, 1.54) is 19.2 Å². The van der Waals surface area contributed by atoms with Crippen LogP contribution in [0.25, 0.3) is 0 Å². The number of anilines is 2. The summed E-state index contributed by atoms with van der Waals surface area (Å²) in [5.41, 5.74) is 7.78. The van der Waals surface area contributed by atoms with Gasteiger partial charge in [-0.15, -0.1) is 0 Å². The number of nitrogens with one attached hydrogen (secondary N) is 1. The molecule has 7 heteroatoms. The third-order valence-electron chi connectivity index (χ3n) is 3.19. The highest BCUT2D eigenvalue weighted by atomic mass is 16.1. The standard InChI is InChI=1S/C11H18N6O/c12-9(18)6-17(8-3-1-2-4-8)11-5-10(16-13)14-7-15-11/h5,7-8H,1-4,6,13H2,(H2,12,18)(H,14,15,16). The van der Waals surface area contributed by atoms with Gasteiger partial charge in [0.25, 0.3) is 0 Å². The lowest BCUT2D eigenvalue weighted by Crippen LogP contribution is -2.40. The van der Waals surface area contributed by atoms with Crippen molar-refractivity contribution in [3.63, 3.8) is 0 Å². The molecule has 5 N–H and O–H groups in total. The Balaban J connectivity index is 2.23. The smallest absolute Gasteiger partial charge is 0.237 e.